The van der Waals surface area contributed by atoms with Crippen LogP contribution in [-0.2, 0) is 0 Å². The number of quaternary nitrogens is 1. The van der Waals surface area contributed by atoms with Crippen LogP contribution in [0.5, 0.6) is 0 Å². The Balaban J connectivity index is 2.39. The normalized spacial score (nSPS) is 30.2. The van der Waals surface area contributed by atoms with Gasteiger partial charge < -0.3 is 4.48 Å². The van der Waals surface area contributed by atoms with Crippen molar-refractivity contribution in [2.75, 3.05) is 14.1 Å². The Morgan fingerprint density at radius 3 is 2.31 bits per heavy atom. The molecule has 0 bridgehead atoms. The van der Waals surface area contributed by atoms with Gasteiger partial charge in [-0.05, 0) is 19.8 Å². The van der Waals surface area contributed by atoms with E-state index in [4.69, 9.17) is 0 Å². The van der Waals surface area contributed by atoms with Crippen molar-refractivity contribution in [3.05, 3.63) is 0 Å². The zero-order valence-electron chi connectivity index (χ0n) is 10.0. The van der Waals surface area contributed by atoms with Gasteiger partial charge in [0.15, 0.2) is 0 Å². The minimum atomic E-state index is 0.842. The molecule has 1 heteroatoms. The van der Waals surface area contributed by atoms with Gasteiger partial charge in [-0.25, -0.2) is 0 Å². The number of rotatable bonds is 5. The summed E-state index contributed by atoms with van der Waals surface area (Å²) in [6, 6.07) is 1.79. The third kappa shape index (κ3) is 2.46. The lowest BCUT2D eigenvalue weighted by atomic mass is 10.1. The van der Waals surface area contributed by atoms with E-state index >= 15 is 0 Å². The van der Waals surface area contributed by atoms with Crippen LogP contribution in [0.4, 0.5) is 0 Å². The summed E-state index contributed by atoms with van der Waals surface area (Å²) in [4.78, 5) is 0. The van der Waals surface area contributed by atoms with E-state index in [1.807, 2.05) is 0 Å². The highest BCUT2D eigenvalue weighted by Crippen LogP contribution is 2.40. The van der Waals surface area contributed by atoms with Gasteiger partial charge in [0.05, 0.1) is 26.2 Å². The van der Waals surface area contributed by atoms with Crippen molar-refractivity contribution in [2.45, 2.75) is 58.5 Å². The van der Waals surface area contributed by atoms with E-state index in [-0.39, 0.29) is 0 Å². The molecule has 1 nitrogen and oxygen atoms in total. The quantitative estimate of drug-likeness (QED) is 0.576. The Morgan fingerprint density at radius 1 is 1.38 bits per heavy atom. The van der Waals surface area contributed by atoms with E-state index in [0.717, 1.165) is 18.0 Å². The summed E-state index contributed by atoms with van der Waals surface area (Å²) in [6.45, 7) is 7.09. The molecule has 3 atom stereocenters. The summed E-state index contributed by atoms with van der Waals surface area (Å²) in [5.41, 5.74) is 0. The minimum Gasteiger partial charge on any atom is -0.324 e. The summed E-state index contributed by atoms with van der Waals surface area (Å²) >= 11 is 0. The Kier molecular flexibility index (Phi) is 3.39. The van der Waals surface area contributed by atoms with Crippen LogP contribution in [0.25, 0.3) is 0 Å². The first-order valence-electron chi connectivity index (χ1n) is 5.83. The molecule has 0 saturated heterocycles. The molecule has 1 fully saturated rings. The monoisotopic (exact) mass is 184 g/mol. The molecule has 0 spiro atoms. The Bertz CT molecular complexity index is 163. The summed E-state index contributed by atoms with van der Waals surface area (Å²) < 4.78 is 1.25. The largest absolute Gasteiger partial charge is 0.324 e. The van der Waals surface area contributed by atoms with Crippen LogP contribution >= 0.6 is 0 Å². The molecule has 0 N–H and O–H groups in total. The van der Waals surface area contributed by atoms with Crippen LogP contribution in [0, 0.1) is 5.92 Å². The van der Waals surface area contributed by atoms with Crippen molar-refractivity contribution in [2.24, 2.45) is 5.92 Å². The molecule has 1 aliphatic carbocycles. The average molecular weight is 184 g/mol. The van der Waals surface area contributed by atoms with E-state index in [1.54, 1.807) is 0 Å². The Hall–Kier alpha value is -0.0400. The Morgan fingerprint density at radius 2 is 1.92 bits per heavy atom. The highest BCUT2D eigenvalue weighted by Gasteiger charge is 2.48. The molecule has 13 heavy (non-hydrogen) atoms. The molecule has 1 saturated carbocycles. The zero-order valence-corrected chi connectivity index (χ0v) is 10.0. The van der Waals surface area contributed by atoms with Crippen molar-refractivity contribution in [1.29, 1.82) is 0 Å². The fourth-order valence-corrected chi connectivity index (χ4v) is 2.39. The predicted molar refractivity (Wildman–Crippen MR) is 58.7 cm³/mol. The van der Waals surface area contributed by atoms with Crippen LogP contribution in [0.1, 0.15) is 46.5 Å². The topological polar surface area (TPSA) is 0 Å². The van der Waals surface area contributed by atoms with Gasteiger partial charge in [-0.2, -0.15) is 0 Å². The fourth-order valence-electron chi connectivity index (χ4n) is 2.39. The van der Waals surface area contributed by atoms with Crippen molar-refractivity contribution in [1.82, 2.24) is 0 Å². The SMILES string of the molecule is CCCCC(C)[N+](C)(C)C1CC1C. The minimum absolute atomic E-state index is 0.842. The van der Waals surface area contributed by atoms with Gasteiger partial charge >= 0.3 is 0 Å². The molecular formula is C12H26N+. The van der Waals surface area contributed by atoms with Crippen LogP contribution in [0.2, 0.25) is 0 Å². The van der Waals surface area contributed by atoms with Gasteiger partial charge in [0.2, 0.25) is 0 Å². The van der Waals surface area contributed by atoms with Crippen molar-refractivity contribution in [3.63, 3.8) is 0 Å². The van der Waals surface area contributed by atoms with Crippen LogP contribution in [-0.4, -0.2) is 30.7 Å². The maximum atomic E-state index is 2.42. The number of nitrogens with zero attached hydrogens (tertiary/aromatic N) is 1. The van der Waals surface area contributed by atoms with Crippen LogP contribution in [0.15, 0.2) is 0 Å². The number of hydrogen-bond acceptors (Lipinski definition) is 0. The summed E-state index contributed by atoms with van der Waals surface area (Å²) in [7, 11) is 4.82. The predicted octanol–water partition coefficient (Wildman–Crippen LogP) is 3.05. The van der Waals surface area contributed by atoms with Gasteiger partial charge in [0.25, 0.3) is 0 Å². The highest BCUT2D eigenvalue weighted by atomic mass is 15.4. The molecule has 0 heterocycles. The maximum Gasteiger partial charge on any atom is 0.0921 e. The maximum absolute atomic E-state index is 2.42. The first-order chi connectivity index (χ1) is 6.00. The van der Waals surface area contributed by atoms with Gasteiger partial charge in [0, 0.05) is 12.3 Å². The second-order valence-corrected chi connectivity index (χ2v) is 5.40. The lowest BCUT2D eigenvalue weighted by molar-refractivity contribution is -0.925. The lowest BCUT2D eigenvalue weighted by Crippen LogP contribution is -2.49. The summed E-state index contributed by atoms with van der Waals surface area (Å²) in [5, 5.41) is 0. The molecule has 0 aromatic rings. The number of unbranched alkanes of at least 4 members (excludes halogenated alkanes) is 1. The van der Waals surface area contributed by atoms with Crippen molar-refractivity contribution < 1.29 is 4.48 Å². The smallest absolute Gasteiger partial charge is 0.0921 e. The van der Waals surface area contributed by atoms with Gasteiger partial charge in [-0.3, -0.25) is 0 Å². The van der Waals surface area contributed by atoms with Crippen LogP contribution in [0.3, 0.4) is 0 Å². The van der Waals surface area contributed by atoms with E-state index in [1.165, 1.54) is 30.2 Å². The van der Waals surface area contributed by atoms with Gasteiger partial charge in [0.1, 0.15) is 0 Å². The number of hydrogen-bond donors (Lipinski definition) is 0. The molecule has 0 aliphatic heterocycles. The highest BCUT2D eigenvalue weighted by molar-refractivity contribution is 4.84. The first kappa shape index (κ1) is 11.0. The van der Waals surface area contributed by atoms with E-state index in [9.17, 15) is 0 Å². The van der Waals surface area contributed by atoms with Gasteiger partial charge in [-0.1, -0.05) is 20.3 Å². The summed E-state index contributed by atoms with van der Waals surface area (Å²) in [6.07, 6.45) is 5.57. The zero-order chi connectivity index (χ0) is 10.1. The second-order valence-electron chi connectivity index (χ2n) is 5.40. The molecule has 1 rings (SSSR count). The van der Waals surface area contributed by atoms with Gasteiger partial charge in [-0.15, -0.1) is 0 Å². The Labute approximate surface area is 83.7 Å². The summed E-state index contributed by atoms with van der Waals surface area (Å²) in [5.74, 6) is 0.971. The molecule has 0 radical (unpaired) electrons. The van der Waals surface area contributed by atoms with Crippen LogP contribution < -0.4 is 0 Å². The molecule has 0 aromatic carbocycles. The average Bonchev–Trinajstić information content (AvgIpc) is 2.78. The molecule has 78 valence electrons. The molecule has 1 aliphatic rings. The van der Waals surface area contributed by atoms with E-state index in [0.29, 0.717) is 0 Å². The molecular weight excluding hydrogens is 158 g/mol. The first-order valence-corrected chi connectivity index (χ1v) is 5.83. The molecule has 0 amide bonds. The van der Waals surface area contributed by atoms with Crippen molar-refractivity contribution >= 4 is 0 Å². The van der Waals surface area contributed by atoms with E-state index in [2.05, 4.69) is 34.9 Å². The third-order valence-electron chi connectivity index (χ3n) is 4.03. The lowest BCUT2D eigenvalue weighted by Gasteiger charge is -2.37. The standard InChI is InChI=1S/C12H26N/c1-6-7-8-11(3)13(4,5)12-9-10(12)2/h10-12H,6-9H2,1-5H3/q+1. The van der Waals surface area contributed by atoms with Crippen molar-refractivity contribution in [3.8, 4) is 0 Å². The third-order valence-corrected chi connectivity index (χ3v) is 4.03. The second kappa shape index (κ2) is 4.00. The molecule has 3 unspecified atom stereocenters. The van der Waals surface area contributed by atoms with E-state index < -0.39 is 0 Å². The molecule has 0 aromatic heterocycles. The fraction of sp³-hybridized carbons (Fsp3) is 1.00.